The Labute approximate surface area is 50.1 Å². The molecule has 0 saturated heterocycles. The van der Waals surface area contributed by atoms with Crippen molar-refractivity contribution < 1.29 is 0 Å². The topological polar surface area (TPSA) is 41.3 Å². The predicted octanol–water partition coefficient (Wildman–Crippen LogP) is -0.127. The van der Waals surface area contributed by atoms with E-state index in [9.17, 15) is 0 Å². The fraction of sp³-hybridized carbons (Fsp3) is 0.600. The second kappa shape index (κ2) is 3.32. The van der Waals surface area contributed by atoms with Crippen molar-refractivity contribution in [3.8, 4) is 0 Å². The van der Waals surface area contributed by atoms with Gasteiger partial charge in [-0.3, -0.25) is 0 Å². The third-order valence-electron chi connectivity index (χ3n) is 0.664. The summed E-state index contributed by atoms with van der Waals surface area (Å²) in [7, 11) is 3.77. The molecular weight excluding hydrogens is 102 g/mol. The lowest BCUT2D eigenvalue weighted by Crippen LogP contribution is -2.32. The molecule has 3 nitrogen and oxygen atoms in total. The molecule has 0 aromatic carbocycles. The minimum Gasteiger partial charge on any atom is -0.385 e. The number of nitrogens with zero attached hydrogens (tertiary/aromatic N) is 1. The van der Waals surface area contributed by atoms with Crippen LogP contribution in [-0.4, -0.2) is 19.1 Å². The SMILES string of the molecule is CC=C(N)NN(C)C. The monoisotopic (exact) mass is 115 g/mol. The number of hydrogen-bond donors (Lipinski definition) is 2. The van der Waals surface area contributed by atoms with Gasteiger partial charge < -0.3 is 11.2 Å². The Morgan fingerprint density at radius 3 is 2.25 bits per heavy atom. The summed E-state index contributed by atoms with van der Waals surface area (Å²) in [6.07, 6.45) is 1.81. The number of hydrogen-bond acceptors (Lipinski definition) is 3. The van der Waals surface area contributed by atoms with Gasteiger partial charge in [0.2, 0.25) is 0 Å². The molecule has 0 aliphatic rings. The Bertz CT molecular complexity index is 85.7. The van der Waals surface area contributed by atoms with Gasteiger partial charge in [-0.2, -0.15) is 0 Å². The second-order valence-electron chi connectivity index (χ2n) is 1.75. The molecule has 0 amide bonds. The van der Waals surface area contributed by atoms with Crippen LogP contribution in [0.15, 0.2) is 11.9 Å². The van der Waals surface area contributed by atoms with Crippen LogP contribution in [-0.2, 0) is 0 Å². The van der Waals surface area contributed by atoms with E-state index in [0.29, 0.717) is 5.82 Å². The molecule has 0 heterocycles. The van der Waals surface area contributed by atoms with Crippen molar-refractivity contribution in [2.24, 2.45) is 5.73 Å². The molecule has 0 saturated carbocycles. The van der Waals surface area contributed by atoms with Gasteiger partial charge in [0.15, 0.2) is 0 Å². The van der Waals surface area contributed by atoms with E-state index < -0.39 is 0 Å². The molecule has 48 valence electrons. The Morgan fingerprint density at radius 1 is 1.62 bits per heavy atom. The molecule has 0 aliphatic heterocycles. The minimum absolute atomic E-state index is 0.676. The molecule has 0 rings (SSSR count). The van der Waals surface area contributed by atoms with E-state index in [1.54, 1.807) is 11.1 Å². The van der Waals surface area contributed by atoms with E-state index in [2.05, 4.69) is 5.43 Å². The molecular formula is C5H13N3. The fourth-order valence-electron chi connectivity index (χ4n) is 0.323. The third kappa shape index (κ3) is 3.49. The first-order valence-corrected chi connectivity index (χ1v) is 2.52. The van der Waals surface area contributed by atoms with Crippen LogP contribution in [0.25, 0.3) is 0 Å². The standard InChI is InChI=1S/C5H13N3/c1-4-5(6)7-8(2)3/h4,7H,6H2,1-3H3. The average molecular weight is 115 g/mol. The molecule has 0 fully saturated rings. The van der Waals surface area contributed by atoms with Crippen LogP contribution in [0.5, 0.6) is 0 Å². The van der Waals surface area contributed by atoms with Gasteiger partial charge in [0.1, 0.15) is 5.82 Å². The van der Waals surface area contributed by atoms with Crippen LogP contribution < -0.4 is 11.2 Å². The Kier molecular flexibility index (Phi) is 3.03. The lowest BCUT2D eigenvalue weighted by Gasteiger charge is -2.11. The van der Waals surface area contributed by atoms with E-state index in [-0.39, 0.29) is 0 Å². The Balaban J connectivity index is 3.39. The zero-order valence-corrected chi connectivity index (χ0v) is 5.60. The quantitative estimate of drug-likeness (QED) is 0.493. The Morgan fingerprint density at radius 2 is 2.12 bits per heavy atom. The summed E-state index contributed by atoms with van der Waals surface area (Å²) < 4.78 is 0. The maximum atomic E-state index is 5.38. The number of nitrogens with one attached hydrogen (secondary N) is 1. The van der Waals surface area contributed by atoms with Crippen molar-refractivity contribution in [3.63, 3.8) is 0 Å². The van der Waals surface area contributed by atoms with E-state index >= 15 is 0 Å². The predicted molar refractivity (Wildman–Crippen MR) is 34.8 cm³/mol. The van der Waals surface area contributed by atoms with Gasteiger partial charge in [0.05, 0.1) is 0 Å². The number of rotatable bonds is 2. The lowest BCUT2D eigenvalue weighted by atomic mass is 10.6. The molecule has 3 N–H and O–H groups in total. The number of nitrogens with two attached hydrogens (primary N) is 1. The normalized spacial score (nSPS) is 12.2. The molecule has 0 spiro atoms. The number of allylic oxidation sites excluding steroid dienone is 1. The second-order valence-corrected chi connectivity index (χ2v) is 1.75. The molecule has 0 aromatic heterocycles. The molecule has 3 heteroatoms. The highest BCUT2D eigenvalue weighted by Gasteiger charge is 1.84. The third-order valence-corrected chi connectivity index (χ3v) is 0.664. The summed E-state index contributed by atoms with van der Waals surface area (Å²) in [6, 6.07) is 0. The largest absolute Gasteiger partial charge is 0.385 e. The van der Waals surface area contributed by atoms with Gasteiger partial charge in [-0.05, 0) is 13.0 Å². The summed E-state index contributed by atoms with van der Waals surface area (Å²) in [5.74, 6) is 0.676. The lowest BCUT2D eigenvalue weighted by molar-refractivity contribution is 0.325. The first-order chi connectivity index (χ1) is 3.66. The van der Waals surface area contributed by atoms with Gasteiger partial charge in [0, 0.05) is 14.1 Å². The van der Waals surface area contributed by atoms with E-state index in [4.69, 9.17) is 5.73 Å². The van der Waals surface area contributed by atoms with Crippen LogP contribution >= 0.6 is 0 Å². The zero-order valence-electron chi connectivity index (χ0n) is 5.60. The molecule has 0 unspecified atom stereocenters. The smallest absolute Gasteiger partial charge is 0.106 e. The first kappa shape index (κ1) is 7.30. The first-order valence-electron chi connectivity index (χ1n) is 2.52. The van der Waals surface area contributed by atoms with Gasteiger partial charge in [-0.15, -0.1) is 0 Å². The zero-order chi connectivity index (χ0) is 6.57. The summed E-state index contributed by atoms with van der Waals surface area (Å²) in [6.45, 7) is 1.88. The van der Waals surface area contributed by atoms with Crippen molar-refractivity contribution in [3.05, 3.63) is 11.9 Å². The summed E-state index contributed by atoms with van der Waals surface area (Å²) >= 11 is 0. The van der Waals surface area contributed by atoms with Crippen molar-refractivity contribution in [2.75, 3.05) is 14.1 Å². The maximum Gasteiger partial charge on any atom is 0.106 e. The summed E-state index contributed by atoms with van der Waals surface area (Å²) in [5.41, 5.74) is 8.25. The molecule has 8 heavy (non-hydrogen) atoms. The molecule has 0 aromatic rings. The van der Waals surface area contributed by atoms with Crippen LogP contribution in [0.2, 0.25) is 0 Å². The molecule has 0 bridgehead atoms. The van der Waals surface area contributed by atoms with Crippen LogP contribution in [0.4, 0.5) is 0 Å². The van der Waals surface area contributed by atoms with Gasteiger partial charge >= 0.3 is 0 Å². The maximum absolute atomic E-state index is 5.38. The number of hydrazine groups is 1. The fourth-order valence-corrected chi connectivity index (χ4v) is 0.323. The summed E-state index contributed by atoms with van der Waals surface area (Å²) in [5, 5.41) is 1.79. The molecule has 0 aliphatic carbocycles. The van der Waals surface area contributed by atoms with Crippen LogP contribution in [0, 0.1) is 0 Å². The highest BCUT2D eigenvalue weighted by molar-refractivity contribution is 4.88. The van der Waals surface area contributed by atoms with Crippen molar-refractivity contribution in [1.29, 1.82) is 0 Å². The molecule has 0 atom stereocenters. The van der Waals surface area contributed by atoms with E-state index in [1.165, 1.54) is 0 Å². The highest BCUT2D eigenvalue weighted by atomic mass is 15.5. The minimum atomic E-state index is 0.676. The molecule has 0 radical (unpaired) electrons. The van der Waals surface area contributed by atoms with Crippen molar-refractivity contribution in [2.45, 2.75) is 6.92 Å². The van der Waals surface area contributed by atoms with E-state index in [1.807, 2.05) is 21.0 Å². The van der Waals surface area contributed by atoms with Gasteiger partial charge in [-0.1, -0.05) is 0 Å². The van der Waals surface area contributed by atoms with Crippen LogP contribution in [0.3, 0.4) is 0 Å². The van der Waals surface area contributed by atoms with Crippen LogP contribution in [0.1, 0.15) is 6.92 Å². The van der Waals surface area contributed by atoms with Crippen molar-refractivity contribution in [1.82, 2.24) is 10.4 Å². The van der Waals surface area contributed by atoms with E-state index in [0.717, 1.165) is 0 Å². The summed E-state index contributed by atoms with van der Waals surface area (Å²) in [4.78, 5) is 0. The van der Waals surface area contributed by atoms with Gasteiger partial charge in [-0.25, -0.2) is 5.01 Å². The average Bonchev–Trinajstić information content (AvgIpc) is 1.65. The Hall–Kier alpha value is -0.700. The van der Waals surface area contributed by atoms with Crippen molar-refractivity contribution >= 4 is 0 Å². The highest BCUT2D eigenvalue weighted by Crippen LogP contribution is 1.74. The van der Waals surface area contributed by atoms with Gasteiger partial charge in [0.25, 0.3) is 0 Å².